The van der Waals surface area contributed by atoms with Gasteiger partial charge < -0.3 is 9.84 Å². The summed E-state index contributed by atoms with van der Waals surface area (Å²) < 4.78 is 6.28. The molecule has 1 atom stereocenters. The molecule has 96 valence electrons. The van der Waals surface area contributed by atoms with Crippen LogP contribution < -0.4 is 4.74 Å². The average Bonchev–Trinajstić information content (AvgIpc) is 2.74. The molecule has 0 saturated carbocycles. The standard InChI is InChI=1S/C13H12BrClO2S/c1-17-13-5-9(15)2-3-11(13)12(16)6-10-4-8(14)7-18-10/h2-5,7,12,16H,6H2,1H3. The fraction of sp³-hybridized carbons (Fsp3) is 0.231. The first-order valence-corrected chi connectivity index (χ1v) is 7.39. The largest absolute Gasteiger partial charge is 0.496 e. The second-order valence-corrected chi connectivity index (χ2v) is 6.19. The Labute approximate surface area is 123 Å². The van der Waals surface area contributed by atoms with Gasteiger partial charge in [0.2, 0.25) is 0 Å². The average molecular weight is 348 g/mol. The maximum absolute atomic E-state index is 10.3. The molecular weight excluding hydrogens is 336 g/mol. The van der Waals surface area contributed by atoms with Gasteiger partial charge in [-0.25, -0.2) is 0 Å². The van der Waals surface area contributed by atoms with E-state index in [1.807, 2.05) is 11.4 Å². The van der Waals surface area contributed by atoms with Gasteiger partial charge in [0.1, 0.15) is 5.75 Å². The zero-order valence-corrected chi connectivity index (χ0v) is 12.8. The summed E-state index contributed by atoms with van der Waals surface area (Å²) in [5, 5.41) is 12.9. The van der Waals surface area contributed by atoms with Crippen molar-refractivity contribution < 1.29 is 9.84 Å². The molecule has 18 heavy (non-hydrogen) atoms. The molecule has 2 rings (SSSR count). The minimum atomic E-state index is -0.595. The molecule has 0 saturated heterocycles. The van der Waals surface area contributed by atoms with E-state index in [-0.39, 0.29) is 0 Å². The minimum absolute atomic E-state index is 0.564. The third-order valence-electron chi connectivity index (χ3n) is 2.57. The fourth-order valence-electron chi connectivity index (χ4n) is 1.72. The molecule has 2 nitrogen and oxygen atoms in total. The third-order valence-corrected chi connectivity index (χ3v) is 4.53. The number of aliphatic hydroxyl groups is 1. The zero-order valence-electron chi connectivity index (χ0n) is 9.69. The van der Waals surface area contributed by atoms with Crippen LogP contribution in [-0.2, 0) is 6.42 Å². The first-order valence-electron chi connectivity index (χ1n) is 5.34. The molecule has 0 aliphatic rings. The van der Waals surface area contributed by atoms with Crippen molar-refractivity contribution in [3.63, 3.8) is 0 Å². The molecule has 0 radical (unpaired) electrons. The molecule has 0 aliphatic heterocycles. The van der Waals surface area contributed by atoms with Gasteiger partial charge in [0, 0.05) is 31.7 Å². The second kappa shape index (κ2) is 6.06. The van der Waals surface area contributed by atoms with Gasteiger partial charge in [0.15, 0.2) is 0 Å². The van der Waals surface area contributed by atoms with Crippen molar-refractivity contribution >= 4 is 38.9 Å². The molecule has 5 heteroatoms. The Hall–Kier alpha value is -0.550. The lowest BCUT2D eigenvalue weighted by atomic mass is 10.0. The predicted octanol–water partition coefficient (Wildman–Crippen LogP) is 4.45. The Morgan fingerprint density at radius 2 is 2.22 bits per heavy atom. The van der Waals surface area contributed by atoms with Gasteiger partial charge in [0.05, 0.1) is 13.2 Å². The molecular formula is C13H12BrClO2S. The molecule has 0 bridgehead atoms. The summed E-state index contributed by atoms with van der Waals surface area (Å²) in [4.78, 5) is 1.12. The molecule has 1 aromatic heterocycles. The SMILES string of the molecule is COc1cc(Cl)ccc1C(O)Cc1cc(Br)cs1. The van der Waals surface area contributed by atoms with Crippen LogP contribution in [0.25, 0.3) is 0 Å². The van der Waals surface area contributed by atoms with Gasteiger partial charge in [0.25, 0.3) is 0 Å². The first kappa shape index (κ1) is 13.9. The summed E-state index contributed by atoms with van der Waals surface area (Å²) in [6.45, 7) is 0. The molecule has 0 fully saturated rings. The predicted molar refractivity (Wildman–Crippen MR) is 78.7 cm³/mol. The van der Waals surface area contributed by atoms with Crippen molar-refractivity contribution in [3.8, 4) is 5.75 Å². The van der Waals surface area contributed by atoms with Gasteiger partial charge in [-0.3, -0.25) is 0 Å². The lowest BCUT2D eigenvalue weighted by Gasteiger charge is -2.14. The van der Waals surface area contributed by atoms with Crippen molar-refractivity contribution in [1.29, 1.82) is 0 Å². The van der Waals surface area contributed by atoms with Crippen LogP contribution in [0.15, 0.2) is 34.1 Å². The van der Waals surface area contributed by atoms with Crippen LogP contribution in [0.4, 0.5) is 0 Å². The molecule has 1 aromatic carbocycles. The quantitative estimate of drug-likeness (QED) is 0.885. The van der Waals surface area contributed by atoms with Gasteiger partial charge in [-0.1, -0.05) is 17.7 Å². The lowest BCUT2D eigenvalue weighted by Crippen LogP contribution is -2.03. The Morgan fingerprint density at radius 3 is 2.83 bits per heavy atom. The van der Waals surface area contributed by atoms with Crippen molar-refractivity contribution in [2.24, 2.45) is 0 Å². The molecule has 0 amide bonds. The summed E-state index contributed by atoms with van der Waals surface area (Å²) >= 11 is 10.9. The van der Waals surface area contributed by atoms with Crippen molar-refractivity contribution in [3.05, 3.63) is 49.6 Å². The van der Waals surface area contributed by atoms with Gasteiger partial charge in [-0.15, -0.1) is 11.3 Å². The van der Waals surface area contributed by atoms with Crippen molar-refractivity contribution in [1.82, 2.24) is 0 Å². The Balaban J connectivity index is 2.20. The van der Waals surface area contributed by atoms with E-state index < -0.39 is 6.10 Å². The maximum atomic E-state index is 10.3. The van der Waals surface area contributed by atoms with E-state index in [0.717, 1.165) is 14.9 Å². The van der Waals surface area contributed by atoms with E-state index >= 15 is 0 Å². The highest BCUT2D eigenvalue weighted by molar-refractivity contribution is 9.10. The van der Waals surface area contributed by atoms with Crippen molar-refractivity contribution in [2.75, 3.05) is 7.11 Å². The monoisotopic (exact) mass is 346 g/mol. The van der Waals surface area contributed by atoms with E-state index in [0.29, 0.717) is 17.2 Å². The van der Waals surface area contributed by atoms with Crippen LogP contribution in [0, 0.1) is 0 Å². The van der Waals surface area contributed by atoms with Crippen molar-refractivity contribution in [2.45, 2.75) is 12.5 Å². The molecule has 1 heterocycles. The molecule has 0 spiro atoms. The topological polar surface area (TPSA) is 29.5 Å². The fourth-order valence-corrected chi connectivity index (χ4v) is 3.37. The molecule has 2 aromatic rings. The van der Waals surface area contributed by atoms with Crippen LogP contribution in [0.3, 0.4) is 0 Å². The zero-order chi connectivity index (χ0) is 13.1. The number of halogens is 2. The van der Waals surface area contributed by atoms with Gasteiger partial charge >= 0.3 is 0 Å². The lowest BCUT2D eigenvalue weighted by molar-refractivity contribution is 0.175. The maximum Gasteiger partial charge on any atom is 0.126 e. The van der Waals surface area contributed by atoms with Crippen LogP contribution in [0.2, 0.25) is 5.02 Å². The van der Waals surface area contributed by atoms with Gasteiger partial charge in [-0.2, -0.15) is 0 Å². The molecule has 0 aliphatic carbocycles. The highest BCUT2D eigenvalue weighted by Gasteiger charge is 2.15. The Kier molecular flexibility index (Phi) is 4.67. The highest BCUT2D eigenvalue weighted by Crippen LogP contribution is 2.32. The van der Waals surface area contributed by atoms with Gasteiger partial charge in [-0.05, 0) is 34.1 Å². The number of rotatable bonds is 4. The smallest absolute Gasteiger partial charge is 0.126 e. The van der Waals surface area contributed by atoms with E-state index in [4.69, 9.17) is 16.3 Å². The van der Waals surface area contributed by atoms with Crippen LogP contribution in [0.5, 0.6) is 5.75 Å². The van der Waals surface area contributed by atoms with Crippen LogP contribution in [0.1, 0.15) is 16.5 Å². The summed E-state index contributed by atoms with van der Waals surface area (Å²) in [5.41, 5.74) is 0.756. The Bertz CT molecular complexity index is 542. The number of ether oxygens (including phenoxy) is 1. The third kappa shape index (κ3) is 3.26. The van der Waals surface area contributed by atoms with E-state index in [1.54, 1.807) is 36.6 Å². The Morgan fingerprint density at radius 1 is 1.44 bits per heavy atom. The summed E-state index contributed by atoms with van der Waals surface area (Å²) in [6, 6.07) is 7.28. The minimum Gasteiger partial charge on any atom is -0.496 e. The number of benzene rings is 1. The number of thiophene rings is 1. The van der Waals surface area contributed by atoms with E-state index in [1.165, 1.54) is 0 Å². The van der Waals surface area contributed by atoms with E-state index in [9.17, 15) is 5.11 Å². The number of methoxy groups -OCH3 is 1. The second-order valence-electron chi connectivity index (χ2n) is 3.84. The number of aliphatic hydroxyl groups excluding tert-OH is 1. The van der Waals surface area contributed by atoms with Crippen LogP contribution in [-0.4, -0.2) is 12.2 Å². The summed E-state index contributed by atoms with van der Waals surface area (Å²) in [5.74, 6) is 0.616. The summed E-state index contributed by atoms with van der Waals surface area (Å²) in [6.07, 6.45) is -0.0309. The number of hydrogen-bond acceptors (Lipinski definition) is 3. The van der Waals surface area contributed by atoms with Crippen LogP contribution >= 0.6 is 38.9 Å². The normalized spacial score (nSPS) is 12.4. The molecule has 1 unspecified atom stereocenters. The summed E-state index contributed by atoms with van der Waals surface area (Å²) in [7, 11) is 1.57. The molecule has 1 N–H and O–H groups in total. The number of hydrogen-bond donors (Lipinski definition) is 1. The van der Waals surface area contributed by atoms with E-state index in [2.05, 4.69) is 15.9 Å². The first-order chi connectivity index (χ1) is 8.60. The highest BCUT2D eigenvalue weighted by atomic mass is 79.9.